The Balaban J connectivity index is 0.000000173. The fourth-order valence-corrected chi connectivity index (χ4v) is 4.74. The van der Waals surface area contributed by atoms with Gasteiger partial charge in [0.1, 0.15) is 0 Å². The number of nitrogens with zero attached hydrogens (tertiary/aromatic N) is 2. The zero-order chi connectivity index (χ0) is 17.8. The Morgan fingerprint density at radius 3 is 1.92 bits per heavy atom. The lowest BCUT2D eigenvalue weighted by Crippen LogP contribution is -1.89. The Labute approximate surface area is 170 Å². The van der Waals surface area contributed by atoms with Gasteiger partial charge >= 0.3 is 0 Å². The Kier molecular flexibility index (Phi) is 5.93. The smallest absolute Gasteiger partial charge is 0.0972 e. The van der Waals surface area contributed by atoms with E-state index in [1.54, 1.807) is 6.20 Å². The minimum Gasteiger partial charge on any atom is -0.307 e. The molecule has 0 bridgehead atoms. The molecule has 3 nitrogen and oxygen atoms in total. The third-order valence-electron chi connectivity index (χ3n) is 3.43. The maximum atomic E-state index is 7.22. The highest BCUT2D eigenvalue weighted by Crippen LogP contribution is 2.23. The molecule has 2 heterocycles. The highest BCUT2D eigenvalue weighted by Gasteiger charge is 2.02. The van der Waals surface area contributed by atoms with E-state index in [2.05, 4.69) is 57.8 Å². The van der Waals surface area contributed by atoms with Crippen LogP contribution in [-0.2, 0) is 0 Å². The number of fused-ring (bicyclic) bond motifs is 3. The van der Waals surface area contributed by atoms with Crippen LogP contribution in [0.15, 0.2) is 74.2 Å². The van der Waals surface area contributed by atoms with E-state index in [-0.39, 0.29) is 0 Å². The number of hydrogen-bond acceptors (Lipinski definition) is 3. The Morgan fingerprint density at radius 2 is 1.32 bits per heavy atom. The second kappa shape index (κ2) is 8.17. The van der Waals surface area contributed by atoms with Crippen molar-refractivity contribution in [2.24, 2.45) is 0 Å². The van der Waals surface area contributed by atoms with Gasteiger partial charge in [0.05, 0.1) is 16.7 Å². The van der Waals surface area contributed by atoms with Crippen molar-refractivity contribution in [3.8, 4) is 0 Å². The number of benzene rings is 2. The molecule has 0 atom stereocenters. The van der Waals surface area contributed by atoms with E-state index < -0.39 is 0 Å². The summed E-state index contributed by atoms with van der Waals surface area (Å²) < 4.78 is 3.22. The van der Waals surface area contributed by atoms with Crippen LogP contribution in [-0.4, -0.2) is 16.2 Å². The Morgan fingerprint density at radius 1 is 0.760 bits per heavy atom. The van der Waals surface area contributed by atoms with Gasteiger partial charge in [-0.1, -0.05) is 72.1 Å². The second-order valence-corrected chi connectivity index (χ2v) is 7.93. The van der Waals surface area contributed by atoms with Crippen LogP contribution in [0.25, 0.3) is 21.8 Å². The highest BCUT2D eigenvalue weighted by molar-refractivity contribution is 9.11. The fourth-order valence-electron chi connectivity index (χ4n) is 2.34. The molecule has 0 aliphatic heterocycles. The third kappa shape index (κ3) is 4.51. The molecule has 0 radical (unpaired) electrons. The summed E-state index contributed by atoms with van der Waals surface area (Å²) in [6, 6.07) is 17.8. The summed E-state index contributed by atoms with van der Waals surface area (Å²) in [4.78, 5) is 8.76. The molecule has 4 aromatic rings. The Bertz CT molecular complexity index is 1010. The molecular formula is C19H12Br3N3. The van der Waals surface area contributed by atoms with Gasteiger partial charge in [-0.25, -0.2) is 4.98 Å². The van der Waals surface area contributed by atoms with E-state index in [0.717, 1.165) is 35.2 Å². The van der Waals surface area contributed by atoms with Crippen molar-refractivity contribution in [1.29, 1.82) is 5.41 Å². The van der Waals surface area contributed by atoms with Crippen LogP contribution in [0.1, 0.15) is 5.69 Å². The van der Waals surface area contributed by atoms with E-state index in [4.69, 9.17) is 5.41 Å². The molecule has 0 unspecified atom stereocenters. The lowest BCUT2D eigenvalue weighted by Gasteiger charge is -2.02. The van der Waals surface area contributed by atoms with Crippen LogP contribution < -0.4 is 0 Å². The molecule has 124 valence electrons. The van der Waals surface area contributed by atoms with Gasteiger partial charge in [-0.2, -0.15) is 0 Å². The summed E-state index contributed by atoms with van der Waals surface area (Å²) in [6.45, 7) is 0. The summed E-state index contributed by atoms with van der Waals surface area (Å²) in [7, 11) is 0. The van der Waals surface area contributed by atoms with E-state index in [1.165, 1.54) is 6.21 Å². The predicted octanol–water partition coefficient (Wildman–Crippen LogP) is 6.75. The van der Waals surface area contributed by atoms with Crippen LogP contribution in [0.4, 0.5) is 0 Å². The summed E-state index contributed by atoms with van der Waals surface area (Å²) in [5, 5.41) is 9.35. The zero-order valence-electron chi connectivity index (χ0n) is 12.9. The van der Waals surface area contributed by atoms with E-state index in [0.29, 0.717) is 5.69 Å². The number of pyridine rings is 2. The van der Waals surface area contributed by atoms with E-state index in [1.807, 2.05) is 54.6 Å². The largest absolute Gasteiger partial charge is 0.307 e. The molecule has 0 fully saturated rings. The third-order valence-corrected chi connectivity index (χ3v) is 4.80. The number of aromatic nitrogens is 2. The zero-order valence-corrected chi connectivity index (χ0v) is 17.6. The molecule has 0 saturated carbocycles. The first-order valence-electron chi connectivity index (χ1n) is 7.33. The van der Waals surface area contributed by atoms with Gasteiger partial charge in [0, 0.05) is 36.6 Å². The fraction of sp³-hybridized carbons (Fsp3) is 0. The molecule has 2 aromatic carbocycles. The Hall–Kier alpha value is -1.63. The van der Waals surface area contributed by atoms with Gasteiger partial charge in [0.15, 0.2) is 0 Å². The summed E-state index contributed by atoms with van der Waals surface area (Å²) in [5.41, 5.74) is 2.41. The van der Waals surface area contributed by atoms with Crippen molar-refractivity contribution in [3.63, 3.8) is 0 Å². The maximum absolute atomic E-state index is 7.22. The molecule has 25 heavy (non-hydrogen) atoms. The van der Waals surface area contributed by atoms with Gasteiger partial charge < -0.3 is 5.41 Å². The van der Waals surface area contributed by atoms with Crippen LogP contribution in [0.5, 0.6) is 0 Å². The van der Waals surface area contributed by atoms with E-state index in [9.17, 15) is 0 Å². The van der Waals surface area contributed by atoms with Crippen molar-refractivity contribution in [1.82, 2.24) is 9.97 Å². The minimum atomic E-state index is 0.658. The quantitative estimate of drug-likeness (QED) is 0.222. The van der Waals surface area contributed by atoms with Gasteiger partial charge in [-0.15, -0.1) is 0 Å². The van der Waals surface area contributed by atoms with Crippen LogP contribution in [0.2, 0.25) is 0 Å². The van der Waals surface area contributed by atoms with Crippen molar-refractivity contribution in [2.45, 2.75) is 0 Å². The molecule has 0 spiro atoms. The standard InChI is InChI=1S/C13H9N3.C6H3Br3/c14-8-11-6-5-10-4-3-9-2-1-7-15-12(9)13(10)16-11;7-4-1-5(8)3-6(9)2-4/h1-8,14H;1-3H. The topological polar surface area (TPSA) is 49.6 Å². The first kappa shape index (κ1) is 18.2. The van der Waals surface area contributed by atoms with Gasteiger partial charge in [0.2, 0.25) is 0 Å². The van der Waals surface area contributed by atoms with Crippen LogP contribution in [0.3, 0.4) is 0 Å². The van der Waals surface area contributed by atoms with Crippen molar-refractivity contribution >= 4 is 75.8 Å². The monoisotopic (exact) mass is 519 g/mol. The molecule has 0 saturated heterocycles. The predicted molar refractivity (Wildman–Crippen MR) is 114 cm³/mol. The summed E-state index contributed by atoms with van der Waals surface area (Å²) in [6.07, 6.45) is 3.02. The molecular weight excluding hydrogens is 510 g/mol. The van der Waals surface area contributed by atoms with Crippen molar-refractivity contribution < 1.29 is 0 Å². The molecule has 6 heteroatoms. The number of rotatable bonds is 1. The van der Waals surface area contributed by atoms with Gasteiger partial charge in [-0.05, 0) is 30.3 Å². The molecule has 0 aliphatic rings. The van der Waals surface area contributed by atoms with Crippen molar-refractivity contribution in [3.05, 3.63) is 79.9 Å². The average Bonchev–Trinajstić information content (AvgIpc) is 2.60. The first-order valence-corrected chi connectivity index (χ1v) is 9.71. The van der Waals surface area contributed by atoms with Crippen LogP contribution in [0, 0.1) is 5.41 Å². The molecule has 4 rings (SSSR count). The maximum Gasteiger partial charge on any atom is 0.0972 e. The molecule has 2 aromatic heterocycles. The number of hydrogen-bond donors (Lipinski definition) is 1. The van der Waals surface area contributed by atoms with Gasteiger partial charge in [-0.3, -0.25) is 4.98 Å². The highest BCUT2D eigenvalue weighted by atomic mass is 79.9. The minimum absolute atomic E-state index is 0.658. The SMILES string of the molecule is Brc1cc(Br)cc(Br)c1.N=Cc1ccc2ccc3cccnc3c2n1. The molecule has 1 N–H and O–H groups in total. The van der Waals surface area contributed by atoms with Crippen molar-refractivity contribution in [2.75, 3.05) is 0 Å². The molecule has 0 aliphatic carbocycles. The van der Waals surface area contributed by atoms with Gasteiger partial charge in [0.25, 0.3) is 0 Å². The lowest BCUT2D eigenvalue weighted by molar-refractivity contribution is 1.35. The first-order chi connectivity index (χ1) is 12.1. The van der Waals surface area contributed by atoms with Crippen LogP contribution >= 0.6 is 47.8 Å². The lowest BCUT2D eigenvalue weighted by atomic mass is 10.1. The summed E-state index contributed by atoms with van der Waals surface area (Å²) >= 11 is 10.1. The average molecular weight is 522 g/mol. The van der Waals surface area contributed by atoms with E-state index >= 15 is 0 Å². The number of nitrogens with one attached hydrogen (secondary N) is 1. The summed E-state index contributed by atoms with van der Waals surface area (Å²) in [5.74, 6) is 0. The number of halogens is 3. The molecule has 0 amide bonds. The normalized spacial score (nSPS) is 10.4. The second-order valence-electron chi connectivity index (χ2n) is 5.18.